The molecule has 1 amide bonds. The highest BCUT2D eigenvalue weighted by Crippen LogP contribution is 2.40. The Morgan fingerprint density at radius 3 is 2.35 bits per heavy atom. The third-order valence-corrected chi connectivity index (χ3v) is 4.22. The summed E-state index contributed by atoms with van der Waals surface area (Å²) in [7, 11) is 0. The lowest BCUT2D eigenvalue weighted by Crippen LogP contribution is -2.39. The molecule has 4 nitrogen and oxygen atoms in total. The molecule has 0 spiro atoms. The lowest BCUT2D eigenvalue weighted by Gasteiger charge is -2.32. The molecule has 96 valence electrons. The quantitative estimate of drug-likeness (QED) is 0.787. The number of hydrogen-bond acceptors (Lipinski definition) is 2. The predicted octanol–water partition coefficient (Wildman–Crippen LogP) is 1.94. The minimum atomic E-state index is -0.795. The zero-order chi connectivity index (χ0) is 12.5. The van der Waals surface area contributed by atoms with E-state index in [1.54, 1.807) is 0 Å². The number of aliphatic carboxylic acids is 1. The van der Waals surface area contributed by atoms with Crippen LogP contribution in [0.1, 0.15) is 51.9 Å². The van der Waals surface area contributed by atoms with Crippen molar-refractivity contribution < 1.29 is 14.7 Å². The van der Waals surface area contributed by atoms with Crippen LogP contribution < -0.4 is 5.32 Å². The lowest BCUT2D eigenvalue weighted by molar-refractivity contribution is -0.154. The summed E-state index contributed by atoms with van der Waals surface area (Å²) in [6, 6.07) is 0.289. The first-order valence-corrected chi connectivity index (χ1v) is 6.56. The fourth-order valence-corrected chi connectivity index (χ4v) is 2.78. The van der Waals surface area contributed by atoms with E-state index in [-0.39, 0.29) is 18.4 Å². The highest BCUT2D eigenvalue weighted by molar-refractivity contribution is 5.85. The van der Waals surface area contributed by atoms with Crippen LogP contribution >= 0.6 is 0 Å². The summed E-state index contributed by atoms with van der Waals surface area (Å²) in [6.07, 6.45) is 5.44. The number of carboxylic acid groups (broad SMARTS) is 1. The van der Waals surface area contributed by atoms with Gasteiger partial charge in [-0.1, -0.05) is 26.2 Å². The molecule has 2 rings (SSSR count). The summed E-state index contributed by atoms with van der Waals surface area (Å²) in [6.45, 7) is 2.10. The van der Waals surface area contributed by atoms with Crippen LogP contribution in [0, 0.1) is 11.3 Å². The van der Waals surface area contributed by atoms with Crippen LogP contribution in [-0.4, -0.2) is 23.0 Å². The first-order chi connectivity index (χ1) is 8.03. The van der Waals surface area contributed by atoms with E-state index in [0.29, 0.717) is 18.8 Å². The zero-order valence-electron chi connectivity index (χ0n) is 10.4. The van der Waals surface area contributed by atoms with Crippen LogP contribution in [-0.2, 0) is 9.59 Å². The number of carbonyl (C=O) groups excluding carboxylic acids is 1. The summed E-state index contributed by atoms with van der Waals surface area (Å²) in [5.74, 6) is -0.314. The van der Waals surface area contributed by atoms with Crippen LogP contribution in [0.5, 0.6) is 0 Å². The van der Waals surface area contributed by atoms with Crippen molar-refractivity contribution in [3.05, 3.63) is 0 Å². The second-order valence-corrected chi connectivity index (χ2v) is 5.71. The topological polar surface area (TPSA) is 66.4 Å². The molecule has 0 aromatic carbocycles. The molecule has 0 aliphatic heterocycles. The molecule has 0 bridgehead atoms. The van der Waals surface area contributed by atoms with Gasteiger partial charge in [0.2, 0.25) is 5.91 Å². The van der Waals surface area contributed by atoms with Crippen LogP contribution in [0.25, 0.3) is 0 Å². The number of amides is 1. The third-order valence-electron chi connectivity index (χ3n) is 4.22. The summed E-state index contributed by atoms with van der Waals surface area (Å²) < 4.78 is 0. The Bertz CT molecular complexity index is 321. The molecule has 0 saturated heterocycles. The molecule has 2 fully saturated rings. The maximum Gasteiger partial charge on any atom is 0.310 e. The third kappa shape index (κ3) is 2.79. The normalized spacial score (nSPS) is 30.6. The molecule has 4 heteroatoms. The molecule has 2 saturated carbocycles. The van der Waals surface area contributed by atoms with Gasteiger partial charge in [0.15, 0.2) is 0 Å². The van der Waals surface area contributed by atoms with E-state index in [0.717, 1.165) is 25.7 Å². The van der Waals surface area contributed by atoms with Crippen molar-refractivity contribution in [3.8, 4) is 0 Å². The van der Waals surface area contributed by atoms with Gasteiger partial charge >= 0.3 is 5.97 Å². The van der Waals surface area contributed by atoms with Gasteiger partial charge in [0, 0.05) is 12.5 Å². The van der Waals surface area contributed by atoms with Crippen molar-refractivity contribution in [2.24, 2.45) is 11.3 Å². The van der Waals surface area contributed by atoms with Gasteiger partial charge < -0.3 is 10.4 Å². The van der Waals surface area contributed by atoms with Crippen LogP contribution in [0.3, 0.4) is 0 Å². The monoisotopic (exact) mass is 239 g/mol. The van der Waals surface area contributed by atoms with Gasteiger partial charge in [-0.3, -0.25) is 9.59 Å². The Kier molecular flexibility index (Phi) is 3.40. The largest absolute Gasteiger partial charge is 0.481 e. The molecular weight excluding hydrogens is 218 g/mol. The molecule has 2 aliphatic rings. The molecule has 2 aliphatic carbocycles. The van der Waals surface area contributed by atoms with Gasteiger partial charge in [-0.05, 0) is 25.2 Å². The summed E-state index contributed by atoms with van der Waals surface area (Å²) >= 11 is 0. The number of hydrogen-bond donors (Lipinski definition) is 2. The highest BCUT2D eigenvalue weighted by Gasteiger charge is 2.43. The lowest BCUT2D eigenvalue weighted by atomic mass is 9.71. The number of carbonyl (C=O) groups is 2. The summed E-state index contributed by atoms with van der Waals surface area (Å²) in [4.78, 5) is 23.2. The average Bonchev–Trinajstić information content (AvgIpc) is 2.95. The molecular formula is C13H21NO3. The molecule has 0 heterocycles. The van der Waals surface area contributed by atoms with Crippen molar-refractivity contribution in [2.75, 3.05) is 0 Å². The SMILES string of the molecule is CC1CC1NC(=O)CC1(C(=O)O)CCCCC1. The molecule has 2 N–H and O–H groups in total. The molecule has 2 atom stereocenters. The van der Waals surface area contributed by atoms with Crippen molar-refractivity contribution in [3.63, 3.8) is 0 Å². The maximum atomic E-state index is 11.8. The number of carboxylic acids is 1. The Hall–Kier alpha value is -1.06. The standard InChI is InChI=1S/C13H21NO3/c1-9-7-10(9)14-11(15)8-13(12(16)17)5-3-2-4-6-13/h9-10H,2-8H2,1H3,(H,14,15)(H,16,17). The van der Waals surface area contributed by atoms with E-state index in [9.17, 15) is 14.7 Å². The average molecular weight is 239 g/mol. The van der Waals surface area contributed by atoms with E-state index in [1.807, 2.05) is 0 Å². The Balaban J connectivity index is 1.92. The van der Waals surface area contributed by atoms with Gasteiger partial charge in [-0.25, -0.2) is 0 Å². The van der Waals surface area contributed by atoms with E-state index in [2.05, 4.69) is 12.2 Å². The van der Waals surface area contributed by atoms with Gasteiger partial charge in [0.1, 0.15) is 0 Å². The zero-order valence-corrected chi connectivity index (χ0v) is 10.4. The Morgan fingerprint density at radius 2 is 1.88 bits per heavy atom. The highest BCUT2D eigenvalue weighted by atomic mass is 16.4. The Morgan fingerprint density at radius 1 is 1.29 bits per heavy atom. The van der Waals surface area contributed by atoms with E-state index < -0.39 is 11.4 Å². The van der Waals surface area contributed by atoms with Gasteiger partial charge in [0.05, 0.1) is 5.41 Å². The maximum absolute atomic E-state index is 11.8. The molecule has 17 heavy (non-hydrogen) atoms. The van der Waals surface area contributed by atoms with Crippen LogP contribution in [0.4, 0.5) is 0 Å². The van der Waals surface area contributed by atoms with E-state index in [4.69, 9.17) is 0 Å². The second-order valence-electron chi connectivity index (χ2n) is 5.71. The summed E-state index contributed by atoms with van der Waals surface area (Å²) in [5, 5.41) is 12.3. The smallest absolute Gasteiger partial charge is 0.310 e. The van der Waals surface area contributed by atoms with Crippen molar-refractivity contribution >= 4 is 11.9 Å². The van der Waals surface area contributed by atoms with Gasteiger partial charge in [-0.2, -0.15) is 0 Å². The molecule has 0 aromatic heterocycles. The minimum absolute atomic E-state index is 0.0800. The fourth-order valence-electron chi connectivity index (χ4n) is 2.78. The molecule has 0 radical (unpaired) electrons. The molecule has 0 aromatic rings. The minimum Gasteiger partial charge on any atom is -0.481 e. The first kappa shape index (κ1) is 12.4. The van der Waals surface area contributed by atoms with Crippen LogP contribution in [0.15, 0.2) is 0 Å². The van der Waals surface area contributed by atoms with Crippen molar-refractivity contribution in [2.45, 2.75) is 57.9 Å². The first-order valence-electron chi connectivity index (χ1n) is 6.56. The number of rotatable bonds is 4. The molecule has 2 unspecified atom stereocenters. The second kappa shape index (κ2) is 4.67. The Labute approximate surface area is 102 Å². The van der Waals surface area contributed by atoms with Crippen molar-refractivity contribution in [1.29, 1.82) is 0 Å². The van der Waals surface area contributed by atoms with Gasteiger partial charge in [0.25, 0.3) is 0 Å². The predicted molar refractivity (Wildman–Crippen MR) is 63.5 cm³/mol. The number of nitrogens with one attached hydrogen (secondary N) is 1. The van der Waals surface area contributed by atoms with Crippen LogP contribution in [0.2, 0.25) is 0 Å². The van der Waals surface area contributed by atoms with E-state index >= 15 is 0 Å². The summed E-state index contributed by atoms with van der Waals surface area (Å²) in [5.41, 5.74) is -0.791. The van der Waals surface area contributed by atoms with Gasteiger partial charge in [-0.15, -0.1) is 0 Å². The van der Waals surface area contributed by atoms with Crippen molar-refractivity contribution in [1.82, 2.24) is 5.32 Å². The fraction of sp³-hybridized carbons (Fsp3) is 0.846. The van der Waals surface area contributed by atoms with E-state index in [1.165, 1.54) is 0 Å².